The molecule has 1 aromatic carbocycles. The maximum atomic E-state index is 12.9. The average molecular weight is 320 g/mol. The van der Waals surface area contributed by atoms with Crippen molar-refractivity contribution in [2.75, 3.05) is 32.7 Å². The Morgan fingerprint density at radius 1 is 1.04 bits per heavy atom. The third kappa shape index (κ3) is 5.13. The van der Waals surface area contributed by atoms with E-state index in [4.69, 9.17) is 0 Å². The summed E-state index contributed by atoms with van der Waals surface area (Å²) in [5, 5.41) is 0. The van der Waals surface area contributed by atoms with Crippen LogP contribution in [0.3, 0.4) is 0 Å². The Morgan fingerprint density at radius 3 is 2.13 bits per heavy atom. The largest absolute Gasteiger partial charge is 0.340 e. The van der Waals surface area contributed by atoms with E-state index < -0.39 is 0 Å². The lowest BCUT2D eigenvalue weighted by atomic mass is 9.90. The first-order valence-corrected chi connectivity index (χ1v) is 8.03. The van der Waals surface area contributed by atoms with Crippen LogP contribution in [0.5, 0.6) is 0 Å². The topological polar surface area (TPSA) is 40.6 Å². The number of halogens is 1. The van der Waals surface area contributed by atoms with Crippen molar-refractivity contribution in [3.8, 4) is 0 Å². The standard InChI is InChI=1S/C18H25FN2O2/c1-18(2,3)16(22)13-20-8-10-21(11-9-20)17(23)12-14-4-6-15(19)7-5-14/h4-7H,8-13H2,1-3H3. The van der Waals surface area contributed by atoms with E-state index in [-0.39, 0.29) is 22.9 Å². The third-order valence-electron chi connectivity index (χ3n) is 4.20. The van der Waals surface area contributed by atoms with Crippen LogP contribution in [0.2, 0.25) is 0 Å². The van der Waals surface area contributed by atoms with Crippen molar-refractivity contribution in [3.05, 3.63) is 35.6 Å². The minimum absolute atomic E-state index is 0.0541. The van der Waals surface area contributed by atoms with Gasteiger partial charge in [-0.2, -0.15) is 0 Å². The number of piperazine rings is 1. The molecule has 0 N–H and O–H groups in total. The second-order valence-corrected chi connectivity index (χ2v) is 7.13. The number of carbonyl (C=O) groups excluding carboxylic acids is 2. The van der Waals surface area contributed by atoms with Gasteiger partial charge in [-0.05, 0) is 17.7 Å². The van der Waals surface area contributed by atoms with Gasteiger partial charge >= 0.3 is 0 Å². The van der Waals surface area contributed by atoms with Crippen molar-refractivity contribution in [2.45, 2.75) is 27.2 Å². The summed E-state index contributed by atoms with van der Waals surface area (Å²) in [6.45, 7) is 8.94. The van der Waals surface area contributed by atoms with Gasteiger partial charge in [0.15, 0.2) is 5.78 Å². The fourth-order valence-electron chi connectivity index (χ4n) is 2.48. The maximum Gasteiger partial charge on any atom is 0.227 e. The molecule has 1 saturated heterocycles. The summed E-state index contributed by atoms with van der Waals surface area (Å²) in [5.74, 6) is -0.0136. The Kier molecular flexibility index (Phi) is 5.52. The first-order chi connectivity index (χ1) is 10.8. The monoisotopic (exact) mass is 320 g/mol. The van der Waals surface area contributed by atoms with Crippen LogP contribution in [-0.4, -0.2) is 54.2 Å². The number of rotatable bonds is 4. The predicted octanol–water partition coefficient (Wildman–Crippen LogP) is 2.13. The lowest BCUT2D eigenvalue weighted by Crippen LogP contribution is -2.51. The molecule has 2 rings (SSSR count). The van der Waals surface area contributed by atoms with Gasteiger partial charge in [0.2, 0.25) is 5.91 Å². The summed E-state index contributed by atoms with van der Waals surface area (Å²) >= 11 is 0. The van der Waals surface area contributed by atoms with Gasteiger partial charge in [0, 0.05) is 31.6 Å². The van der Waals surface area contributed by atoms with Gasteiger partial charge in [-0.3, -0.25) is 14.5 Å². The van der Waals surface area contributed by atoms with Gasteiger partial charge in [-0.1, -0.05) is 32.9 Å². The van der Waals surface area contributed by atoms with Crippen LogP contribution in [0.25, 0.3) is 0 Å². The van der Waals surface area contributed by atoms with Crippen LogP contribution in [0.4, 0.5) is 4.39 Å². The normalized spacial score (nSPS) is 16.4. The zero-order chi connectivity index (χ0) is 17.0. The molecule has 0 aromatic heterocycles. The Balaban J connectivity index is 1.81. The molecule has 0 saturated carbocycles. The van der Waals surface area contributed by atoms with E-state index in [1.807, 2.05) is 25.7 Å². The van der Waals surface area contributed by atoms with E-state index in [1.54, 1.807) is 12.1 Å². The highest BCUT2D eigenvalue weighted by Crippen LogP contribution is 2.16. The van der Waals surface area contributed by atoms with Gasteiger partial charge in [-0.15, -0.1) is 0 Å². The quantitative estimate of drug-likeness (QED) is 0.853. The summed E-state index contributed by atoms with van der Waals surface area (Å²) in [5.41, 5.74) is 0.497. The number of benzene rings is 1. The SMILES string of the molecule is CC(C)(C)C(=O)CN1CCN(C(=O)Cc2ccc(F)cc2)CC1. The first-order valence-electron chi connectivity index (χ1n) is 8.03. The molecule has 1 amide bonds. The molecule has 0 atom stereocenters. The molecule has 126 valence electrons. The number of amides is 1. The molecule has 0 radical (unpaired) electrons. The Hall–Kier alpha value is -1.75. The van der Waals surface area contributed by atoms with E-state index >= 15 is 0 Å². The van der Waals surface area contributed by atoms with Crippen LogP contribution in [0.1, 0.15) is 26.3 Å². The van der Waals surface area contributed by atoms with Crippen molar-refractivity contribution < 1.29 is 14.0 Å². The molecule has 5 heteroatoms. The number of Topliss-reactive ketones (excluding diaryl/α,β-unsaturated/α-hetero) is 1. The fourth-order valence-corrected chi connectivity index (χ4v) is 2.48. The van der Waals surface area contributed by atoms with E-state index in [0.717, 1.165) is 18.7 Å². The van der Waals surface area contributed by atoms with Gasteiger partial charge in [0.1, 0.15) is 5.82 Å². The van der Waals surface area contributed by atoms with Crippen LogP contribution in [0.15, 0.2) is 24.3 Å². The van der Waals surface area contributed by atoms with Gasteiger partial charge in [-0.25, -0.2) is 4.39 Å². The number of hydrogen-bond donors (Lipinski definition) is 0. The Labute approximate surface area is 137 Å². The number of hydrogen-bond acceptors (Lipinski definition) is 3. The highest BCUT2D eigenvalue weighted by molar-refractivity contribution is 5.85. The molecule has 1 aliphatic heterocycles. The molecule has 1 aromatic rings. The lowest BCUT2D eigenvalue weighted by Gasteiger charge is -2.35. The van der Waals surface area contributed by atoms with Crippen molar-refractivity contribution >= 4 is 11.7 Å². The van der Waals surface area contributed by atoms with Gasteiger partial charge in [0.25, 0.3) is 0 Å². The van der Waals surface area contributed by atoms with Crippen LogP contribution in [0, 0.1) is 11.2 Å². The molecule has 1 aliphatic rings. The molecule has 4 nitrogen and oxygen atoms in total. The highest BCUT2D eigenvalue weighted by Gasteiger charge is 2.26. The zero-order valence-corrected chi connectivity index (χ0v) is 14.1. The zero-order valence-electron chi connectivity index (χ0n) is 14.1. The maximum absolute atomic E-state index is 12.9. The molecule has 0 spiro atoms. The minimum Gasteiger partial charge on any atom is -0.340 e. The molecular formula is C18H25FN2O2. The summed E-state index contributed by atoms with van der Waals surface area (Å²) in [7, 11) is 0. The number of nitrogens with zero attached hydrogens (tertiary/aromatic N) is 2. The first kappa shape index (κ1) is 17.6. The van der Waals surface area contributed by atoms with E-state index in [9.17, 15) is 14.0 Å². The van der Waals surface area contributed by atoms with Crippen molar-refractivity contribution in [3.63, 3.8) is 0 Å². The predicted molar refractivity (Wildman–Crippen MR) is 87.6 cm³/mol. The molecule has 0 aliphatic carbocycles. The smallest absolute Gasteiger partial charge is 0.227 e. The second-order valence-electron chi connectivity index (χ2n) is 7.13. The van der Waals surface area contributed by atoms with Gasteiger partial charge in [0.05, 0.1) is 13.0 Å². The van der Waals surface area contributed by atoms with Crippen molar-refractivity contribution in [1.29, 1.82) is 0 Å². The molecule has 1 heterocycles. The van der Waals surface area contributed by atoms with Crippen LogP contribution >= 0.6 is 0 Å². The summed E-state index contributed by atoms with van der Waals surface area (Å²) in [6, 6.07) is 6.04. The average Bonchev–Trinajstić information content (AvgIpc) is 2.49. The lowest BCUT2D eigenvalue weighted by molar-refractivity contribution is -0.133. The van der Waals surface area contributed by atoms with Crippen LogP contribution < -0.4 is 0 Å². The van der Waals surface area contributed by atoms with Crippen molar-refractivity contribution in [1.82, 2.24) is 9.80 Å². The van der Waals surface area contributed by atoms with E-state index in [0.29, 0.717) is 26.1 Å². The van der Waals surface area contributed by atoms with Crippen LogP contribution in [-0.2, 0) is 16.0 Å². The Bertz CT molecular complexity index is 555. The summed E-state index contributed by atoms with van der Waals surface area (Å²) in [4.78, 5) is 28.3. The fraction of sp³-hybridized carbons (Fsp3) is 0.556. The molecule has 1 fully saturated rings. The number of carbonyl (C=O) groups is 2. The van der Waals surface area contributed by atoms with Crippen molar-refractivity contribution in [2.24, 2.45) is 5.41 Å². The van der Waals surface area contributed by atoms with Gasteiger partial charge < -0.3 is 4.90 Å². The highest BCUT2D eigenvalue weighted by atomic mass is 19.1. The second kappa shape index (κ2) is 7.21. The Morgan fingerprint density at radius 2 is 1.61 bits per heavy atom. The third-order valence-corrected chi connectivity index (χ3v) is 4.20. The molecular weight excluding hydrogens is 295 g/mol. The van der Waals surface area contributed by atoms with E-state index in [1.165, 1.54) is 12.1 Å². The number of ketones is 1. The van der Waals surface area contributed by atoms with E-state index in [2.05, 4.69) is 4.90 Å². The summed E-state index contributed by atoms with van der Waals surface area (Å²) < 4.78 is 12.9. The molecule has 23 heavy (non-hydrogen) atoms. The minimum atomic E-state index is -0.324. The molecule has 0 unspecified atom stereocenters. The summed E-state index contributed by atoms with van der Waals surface area (Å²) in [6.07, 6.45) is 0.293. The molecule has 0 bridgehead atoms.